The van der Waals surface area contributed by atoms with Gasteiger partial charge in [0.15, 0.2) is 0 Å². The predicted molar refractivity (Wildman–Crippen MR) is 125 cm³/mol. The number of hydrogen-bond donors (Lipinski definition) is 2. The molecule has 1 saturated heterocycles. The zero-order valence-electron chi connectivity index (χ0n) is 18.2. The molecule has 164 valence electrons. The van der Waals surface area contributed by atoms with Gasteiger partial charge in [-0.1, -0.05) is 12.1 Å². The molecule has 8 heteroatoms. The van der Waals surface area contributed by atoms with Crippen molar-refractivity contribution < 1.29 is 4.79 Å². The summed E-state index contributed by atoms with van der Waals surface area (Å²) in [5.74, 6) is 0.733. The Labute approximate surface area is 187 Å². The molecule has 0 unspecified atom stereocenters. The van der Waals surface area contributed by atoms with E-state index in [1.807, 2.05) is 42.2 Å². The highest BCUT2D eigenvalue weighted by Gasteiger charge is 2.32. The molecule has 2 fully saturated rings. The number of piperazine rings is 1. The van der Waals surface area contributed by atoms with Crippen molar-refractivity contribution in [3.05, 3.63) is 53.9 Å². The van der Waals surface area contributed by atoms with E-state index in [-0.39, 0.29) is 11.9 Å². The van der Waals surface area contributed by atoms with Gasteiger partial charge in [0.25, 0.3) is 5.91 Å². The molecule has 0 spiro atoms. The molecule has 0 bridgehead atoms. The fourth-order valence-electron chi connectivity index (χ4n) is 4.39. The summed E-state index contributed by atoms with van der Waals surface area (Å²) in [6.45, 7) is 5.40. The van der Waals surface area contributed by atoms with E-state index in [1.54, 1.807) is 12.3 Å². The zero-order valence-corrected chi connectivity index (χ0v) is 18.2. The van der Waals surface area contributed by atoms with Gasteiger partial charge in [-0.15, -0.1) is 0 Å². The summed E-state index contributed by atoms with van der Waals surface area (Å²) in [6.07, 6.45) is 4.31. The third-order valence-corrected chi connectivity index (χ3v) is 6.25. The standard InChI is InChI=1S/C24H27N7O/c1-15-21(18-6-9-20(25)27-14-18)22(29-24(26)28-15)16-2-4-17(5-3-16)23(32)31-12-10-30(11-13-31)19-7-8-19/h2-6,9,14,19H,7-8,10-13H2,1H3,(H2,25,27)(H2,26,28,29). The van der Waals surface area contributed by atoms with Gasteiger partial charge in [-0.3, -0.25) is 9.69 Å². The number of aryl methyl sites for hydroxylation is 1. The van der Waals surface area contributed by atoms with Gasteiger partial charge in [-0.05, 0) is 44.0 Å². The fourth-order valence-corrected chi connectivity index (χ4v) is 4.39. The number of aromatic nitrogens is 3. The summed E-state index contributed by atoms with van der Waals surface area (Å²) in [5.41, 5.74) is 16.4. The van der Waals surface area contributed by atoms with Crippen LogP contribution < -0.4 is 11.5 Å². The Bertz CT molecular complexity index is 1130. The smallest absolute Gasteiger partial charge is 0.253 e. The highest BCUT2D eigenvalue weighted by Crippen LogP contribution is 2.33. The molecular formula is C24H27N7O. The van der Waals surface area contributed by atoms with Gasteiger partial charge in [-0.2, -0.15) is 0 Å². The zero-order chi connectivity index (χ0) is 22.2. The van der Waals surface area contributed by atoms with E-state index in [0.29, 0.717) is 17.1 Å². The molecule has 5 rings (SSSR count). The number of rotatable bonds is 4. The molecule has 2 aromatic heterocycles. The number of amides is 1. The first-order chi connectivity index (χ1) is 15.5. The number of nitrogens with zero attached hydrogens (tertiary/aromatic N) is 5. The SMILES string of the molecule is Cc1nc(N)nc(-c2ccc(C(=O)N3CCN(C4CC4)CC3)cc2)c1-c1ccc(N)nc1. The van der Waals surface area contributed by atoms with E-state index in [0.717, 1.165) is 54.6 Å². The van der Waals surface area contributed by atoms with Crippen LogP contribution in [0.1, 0.15) is 28.9 Å². The number of carbonyl (C=O) groups excluding carboxylic acids is 1. The van der Waals surface area contributed by atoms with Crippen LogP contribution in [0.4, 0.5) is 11.8 Å². The number of benzene rings is 1. The van der Waals surface area contributed by atoms with Crippen molar-refractivity contribution in [2.75, 3.05) is 37.6 Å². The van der Waals surface area contributed by atoms with E-state index in [2.05, 4.69) is 19.9 Å². The van der Waals surface area contributed by atoms with Crippen molar-refractivity contribution in [3.8, 4) is 22.4 Å². The number of nitrogens with two attached hydrogens (primary N) is 2. The molecule has 2 aliphatic rings. The molecule has 0 atom stereocenters. The van der Waals surface area contributed by atoms with Crippen molar-refractivity contribution in [2.45, 2.75) is 25.8 Å². The van der Waals surface area contributed by atoms with Crippen LogP contribution in [0.2, 0.25) is 0 Å². The van der Waals surface area contributed by atoms with E-state index >= 15 is 0 Å². The number of hydrogen-bond acceptors (Lipinski definition) is 7. The minimum absolute atomic E-state index is 0.0772. The van der Waals surface area contributed by atoms with Crippen molar-refractivity contribution in [1.29, 1.82) is 0 Å². The molecular weight excluding hydrogens is 402 g/mol. The largest absolute Gasteiger partial charge is 0.384 e. The number of anilines is 2. The van der Waals surface area contributed by atoms with Crippen molar-refractivity contribution >= 4 is 17.7 Å². The Morgan fingerprint density at radius 1 is 0.938 bits per heavy atom. The van der Waals surface area contributed by atoms with Gasteiger partial charge < -0.3 is 16.4 Å². The summed E-state index contributed by atoms with van der Waals surface area (Å²) < 4.78 is 0. The third-order valence-electron chi connectivity index (χ3n) is 6.25. The van der Waals surface area contributed by atoms with Crippen LogP contribution in [0.3, 0.4) is 0 Å². The lowest BCUT2D eigenvalue weighted by atomic mass is 9.98. The quantitative estimate of drug-likeness (QED) is 0.655. The van der Waals surface area contributed by atoms with Crippen LogP contribution in [0, 0.1) is 6.92 Å². The van der Waals surface area contributed by atoms with Crippen LogP contribution >= 0.6 is 0 Å². The van der Waals surface area contributed by atoms with Gasteiger partial charge in [0.1, 0.15) is 5.82 Å². The maximum absolute atomic E-state index is 13.0. The highest BCUT2D eigenvalue weighted by molar-refractivity contribution is 5.95. The molecule has 4 N–H and O–H groups in total. The van der Waals surface area contributed by atoms with E-state index in [4.69, 9.17) is 11.5 Å². The predicted octanol–water partition coefficient (Wildman–Crippen LogP) is 2.60. The van der Waals surface area contributed by atoms with Crippen molar-refractivity contribution in [2.24, 2.45) is 0 Å². The molecule has 0 radical (unpaired) electrons. The van der Waals surface area contributed by atoms with Crippen molar-refractivity contribution in [3.63, 3.8) is 0 Å². The lowest BCUT2D eigenvalue weighted by molar-refractivity contribution is 0.0627. The number of carbonyl (C=O) groups is 1. The van der Waals surface area contributed by atoms with Crippen LogP contribution in [-0.2, 0) is 0 Å². The van der Waals surface area contributed by atoms with Crippen LogP contribution in [-0.4, -0.2) is 62.9 Å². The second-order valence-electron chi connectivity index (χ2n) is 8.50. The molecule has 3 heterocycles. The third kappa shape index (κ3) is 4.01. The van der Waals surface area contributed by atoms with Gasteiger partial charge in [0.05, 0.1) is 11.4 Å². The summed E-state index contributed by atoms with van der Waals surface area (Å²) in [7, 11) is 0. The average Bonchev–Trinajstić information content (AvgIpc) is 3.65. The summed E-state index contributed by atoms with van der Waals surface area (Å²) in [6, 6.07) is 12.0. The normalized spacial score (nSPS) is 16.8. The fraction of sp³-hybridized carbons (Fsp3) is 0.333. The van der Waals surface area contributed by atoms with E-state index in [1.165, 1.54) is 12.8 Å². The Kier molecular flexibility index (Phi) is 5.22. The Hall–Kier alpha value is -3.52. The minimum Gasteiger partial charge on any atom is -0.384 e. The Morgan fingerprint density at radius 2 is 1.62 bits per heavy atom. The molecule has 8 nitrogen and oxygen atoms in total. The maximum Gasteiger partial charge on any atom is 0.253 e. The summed E-state index contributed by atoms with van der Waals surface area (Å²) in [4.78, 5) is 30.5. The van der Waals surface area contributed by atoms with Crippen molar-refractivity contribution in [1.82, 2.24) is 24.8 Å². The molecule has 1 aliphatic heterocycles. The van der Waals surface area contributed by atoms with Gasteiger partial charge in [0, 0.05) is 60.7 Å². The molecule has 3 aromatic rings. The van der Waals surface area contributed by atoms with Gasteiger partial charge in [-0.25, -0.2) is 15.0 Å². The van der Waals surface area contributed by atoms with Crippen LogP contribution in [0.25, 0.3) is 22.4 Å². The number of nitrogen functional groups attached to an aromatic ring is 2. The first kappa shape index (κ1) is 20.4. The van der Waals surface area contributed by atoms with Gasteiger partial charge >= 0.3 is 0 Å². The van der Waals surface area contributed by atoms with E-state index in [9.17, 15) is 4.79 Å². The van der Waals surface area contributed by atoms with Gasteiger partial charge in [0.2, 0.25) is 5.95 Å². The van der Waals surface area contributed by atoms with E-state index < -0.39 is 0 Å². The molecule has 1 aromatic carbocycles. The first-order valence-electron chi connectivity index (χ1n) is 11.0. The second kappa shape index (κ2) is 8.20. The molecule has 1 amide bonds. The Balaban J connectivity index is 1.40. The topological polar surface area (TPSA) is 114 Å². The average molecular weight is 430 g/mol. The highest BCUT2D eigenvalue weighted by atomic mass is 16.2. The number of pyridine rings is 1. The van der Waals surface area contributed by atoms with Crippen LogP contribution in [0.15, 0.2) is 42.6 Å². The maximum atomic E-state index is 13.0. The molecule has 32 heavy (non-hydrogen) atoms. The summed E-state index contributed by atoms with van der Waals surface area (Å²) >= 11 is 0. The Morgan fingerprint density at radius 3 is 2.25 bits per heavy atom. The lowest BCUT2D eigenvalue weighted by Gasteiger charge is -2.34. The second-order valence-corrected chi connectivity index (χ2v) is 8.50. The minimum atomic E-state index is 0.0772. The van der Waals surface area contributed by atoms with Crippen LogP contribution in [0.5, 0.6) is 0 Å². The molecule has 1 aliphatic carbocycles. The lowest BCUT2D eigenvalue weighted by Crippen LogP contribution is -2.49. The summed E-state index contributed by atoms with van der Waals surface area (Å²) in [5, 5.41) is 0. The monoisotopic (exact) mass is 429 g/mol. The molecule has 1 saturated carbocycles. The first-order valence-corrected chi connectivity index (χ1v) is 11.0.